The van der Waals surface area contributed by atoms with Crippen molar-refractivity contribution in [2.75, 3.05) is 16.5 Å². The highest BCUT2D eigenvalue weighted by Crippen LogP contribution is 2.39. The number of halogens is 3. The summed E-state index contributed by atoms with van der Waals surface area (Å²) in [5.74, 6) is -2.39. The molecule has 0 radical (unpaired) electrons. The number of pyridine rings is 1. The molecule has 2 aromatic heterocycles. The Morgan fingerprint density at radius 3 is 2.53 bits per heavy atom. The van der Waals surface area contributed by atoms with Gasteiger partial charge in [0.1, 0.15) is 30.6 Å². The molecule has 1 saturated carbocycles. The highest BCUT2D eigenvalue weighted by molar-refractivity contribution is 6.34. The van der Waals surface area contributed by atoms with E-state index in [9.17, 15) is 19.1 Å². The third-order valence-electron chi connectivity index (χ3n) is 6.30. The van der Waals surface area contributed by atoms with Crippen LogP contribution in [0.3, 0.4) is 0 Å². The van der Waals surface area contributed by atoms with E-state index in [2.05, 4.69) is 10.1 Å². The van der Waals surface area contributed by atoms with E-state index < -0.39 is 29.8 Å². The lowest BCUT2D eigenvalue weighted by Crippen LogP contribution is -2.53. The minimum Gasteiger partial charge on any atom is -0.388 e. The molecule has 34 heavy (non-hydrogen) atoms. The van der Waals surface area contributed by atoms with Crippen molar-refractivity contribution in [3.63, 3.8) is 0 Å². The fraction of sp³-hybridized carbons (Fsp3) is 0.364. The highest BCUT2D eigenvalue weighted by Gasteiger charge is 2.39. The Hall–Kier alpha value is -3.31. The van der Waals surface area contributed by atoms with Crippen LogP contribution in [0.5, 0.6) is 0 Å². The number of aliphatic hydroxyl groups is 1. The van der Waals surface area contributed by atoms with E-state index in [0.717, 1.165) is 30.0 Å². The van der Waals surface area contributed by atoms with Gasteiger partial charge in [-0.15, -0.1) is 5.10 Å². The minimum atomic E-state index is -0.950. The number of benzene rings is 1. The fourth-order valence-electron chi connectivity index (χ4n) is 4.34. The largest absolute Gasteiger partial charge is 0.388 e. The molecule has 3 heterocycles. The Balaban J connectivity index is 1.67. The Kier molecular flexibility index (Phi) is 5.61. The molecule has 3 aromatic rings. The first-order valence-electron chi connectivity index (χ1n) is 10.9. The summed E-state index contributed by atoms with van der Waals surface area (Å²) in [6.07, 6.45) is 2.61. The molecule has 2 aliphatic rings. The molecule has 1 aliphatic carbocycles. The second-order valence-corrected chi connectivity index (χ2v) is 8.58. The molecule has 0 atom stereocenters. The molecule has 1 N–H and O–H groups in total. The molecule has 1 fully saturated rings. The molecule has 0 spiro atoms. The van der Waals surface area contributed by atoms with Crippen molar-refractivity contribution in [1.82, 2.24) is 19.3 Å². The average Bonchev–Trinajstić information content (AvgIpc) is 3.10. The highest BCUT2D eigenvalue weighted by atomic mass is 35.5. The molecule has 9 nitrogen and oxygen atoms in total. The van der Waals surface area contributed by atoms with Gasteiger partial charge in [-0.25, -0.2) is 18.6 Å². The summed E-state index contributed by atoms with van der Waals surface area (Å²) in [5.41, 5.74) is -0.807. The summed E-state index contributed by atoms with van der Waals surface area (Å²) in [4.78, 5) is 33.5. The normalized spacial score (nSPS) is 16.1. The average molecular weight is 491 g/mol. The monoisotopic (exact) mass is 490 g/mol. The third kappa shape index (κ3) is 3.38. The van der Waals surface area contributed by atoms with Crippen molar-refractivity contribution in [1.29, 1.82) is 0 Å². The third-order valence-corrected chi connectivity index (χ3v) is 6.60. The van der Waals surface area contributed by atoms with E-state index in [1.165, 1.54) is 27.7 Å². The predicted molar refractivity (Wildman–Crippen MR) is 120 cm³/mol. The van der Waals surface area contributed by atoms with Crippen LogP contribution in [0, 0.1) is 11.6 Å². The number of carbonyl (C=O) groups excluding carboxylic acids is 1. The molecular formula is C22H21ClF2N6O3. The summed E-state index contributed by atoms with van der Waals surface area (Å²) in [7, 11) is 0. The number of amides is 1. The number of rotatable bonds is 5. The zero-order valence-electron chi connectivity index (χ0n) is 18.2. The number of para-hydroxylation sites is 1. The number of aromatic nitrogens is 4. The number of hydrogen-bond donors (Lipinski definition) is 1. The zero-order valence-corrected chi connectivity index (χ0v) is 19.0. The van der Waals surface area contributed by atoms with Gasteiger partial charge in [0.15, 0.2) is 17.5 Å². The Bertz CT molecular complexity index is 1330. The van der Waals surface area contributed by atoms with Gasteiger partial charge in [-0.2, -0.15) is 4.68 Å². The Morgan fingerprint density at radius 2 is 1.94 bits per heavy atom. The lowest BCUT2D eigenvalue weighted by molar-refractivity contribution is 0.0977. The van der Waals surface area contributed by atoms with Gasteiger partial charge in [-0.05, 0) is 44.4 Å². The molecule has 1 aliphatic heterocycles. The van der Waals surface area contributed by atoms with Crippen LogP contribution in [0.25, 0.3) is 5.82 Å². The number of fused-ring (bicyclic) bond motifs is 1. The smallest absolute Gasteiger partial charge is 0.352 e. The molecule has 5 rings (SSSR count). The number of carbonyl (C=O) groups is 1. The van der Waals surface area contributed by atoms with E-state index in [-0.39, 0.29) is 53.0 Å². The molecule has 1 amide bonds. The van der Waals surface area contributed by atoms with Gasteiger partial charge in [-0.1, -0.05) is 17.7 Å². The second kappa shape index (κ2) is 8.48. The molecule has 0 saturated heterocycles. The van der Waals surface area contributed by atoms with E-state index in [0.29, 0.717) is 0 Å². The molecular weight excluding hydrogens is 470 g/mol. The summed E-state index contributed by atoms with van der Waals surface area (Å²) < 4.78 is 31.9. The van der Waals surface area contributed by atoms with Crippen LogP contribution in [0.1, 0.15) is 42.4 Å². The zero-order chi connectivity index (χ0) is 24.1. The Labute approximate surface area is 197 Å². The van der Waals surface area contributed by atoms with Gasteiger partial charge in [0.05, 0.1) is 10.6 Å². The molecule has 1 aromatic carbocycles. The van der Waals surface area contributed by atoms with Crippen molar-refractivity contribution in [2.24, 2.45) is 0 Å². The van der Waals surface area contributed by atoms with Crippen molar-refractivity contribution in [3.8, 4) is 5.82 Å². The first-order chi connectivity index (χ1) is 16.3. The van der Waals surface area contributed by atoms with Crippen molar-refractivity contribution in [2.45, 2.75) is 45.4 Å². The lowest BCUT2D eigenvalue weighted by Gasteiger charge is -2.45. The van der Waals surface area contributed by atoms with Gasteiger partial charge in [0.2, 0.25) is 0 Å². The molecule has 178 valence electrons. The van der Waals surface area contributed by atoms with Crippen molar-refractivity contribution < 1.29 is 18.7 Å². The summed E-state index contributed by atoms with van der Waals surface area (Å²) in [6.45, 7) is 1.39. The van der Waals surface area contributed by atoms with E-state index in [4.69, 9.17) is 11.6 Å². The van der Waals surface area contributed by atoms with Crippen molar-refractivity contribution >= 4 is 29.0 Å². The first-order valence-corrected chi connectivity index (χ1v) is 11.3. The number of aliphatic hydroxyl groups excluding tert-OH is 1. The van der Waals surface area contributed by atoms with Crippen LogP contribution in [0.4, 0.5) is 20.3 Å². The number of nitrogens with zero attached hydrogens (tertiary/aromatic N) is 6. The van der Waals surface area contributed by atoms with Crippen LogP contribution >= 0.6 is 11.6 Å². The number of anilines is 2. The SMILES string of the molecule is CCn1c(CO)nn(-c2nc3c(cc2F)C(=O)N(c2c(F)cccc2Cl)CN3C2CCC2)c1=O. The van der Waals surface area contributed by atoms with Crippen LogP contribution < -0.4 is 15.5 Å². The summed E-state index contributed by atoms with van der Waals surface area (Å²) >= 11 is 6.22. The Morgan fingerprint density at radius 1 is 1.18 bits per heavy atom. The van der Waals surface area contributed by atoms with Gasteiger partial charge in [0, 0.05) is 12.6 Å². The van der Waals surface area contributed by atoms with Crippen LogP contribution in [-0.4, -0.2) is 43.1 Å². The maximum Gasteiger partial charge on any atom is 0.352 e. The molecule has 12 heteroatoms. The fourth-order valence-corrected chi connectivity index (χ4v) is 4.60. The predicted octanol–water partition coefficient (Wildman–Crippen LogP) is 2.85. The van der Waals surface area contributed by atoms with Gasteiger partial charge < -0.3 is 10.0 Å². The molecule has 0 bridgehead atoms. The van der Waals surface area contributed by atoms with E-state index >= 15 is 4.39 Å². The van der Waals surface area contributed by atoms with Gasteiger partial charge in [0.25, 0.3) is 5.91 Å². The van der Waals surface area contributed by atoms with Gasteiger partial charge in [-0.3, -0.25) is 14.3 Å². The standard InChI is InChI=1S/C22H21ClF2N6O3/c1-2-28-17(10-32)27-31(22(28)34)20-16(25)9-13-19(26-20)29(12-5-3-6-12)11-30(21(13)33)18-14(23)7-4-8-15(18)24/h4,7-9,12,32H,2-3,5-6,10-11H2,1H3. The lowest BCUT2D eigenvalue weighted by atomic mass is 9.91. The van der Waals surface area contributed by atoms with Crippen molar-refractivity contribution in [3.05, 3.63) is 62.8 Å². The maximum atomic E-state index is 15.3. The van der Waals surface area contributed by atoms with Crippen LogP contribution in [0.2, 0.25) is 5.02 Å². The van der Waals surface area contributed by atoms with E-state index in [1.807, 2.05) is 0 Å². The summed E-state index contributed by atoms with van der Waals surface area (Å²) in [5, 5.41) is 13.6. The first kappa shape index (κ1) is 22.5. The van der Waals surface area contributed by atoms with Crippen LogP contribution in [0.15, 0.2) is 29.1 Å². The quantitative estimate of drug-likeness (QED) is 0.591. The number of hydrogen-bond acceptors (Lipinski definition) is 6. The van der Waals surface area contributed by atoms with Gasteiger partial charge >= 0.3 is 5.69 Å². The van der Waals surface area contributed by atoms with Crippen LogP contribution in [-0.2, 0) is 13.2 Å². The minimum absolute atomic E-state index is 0.00336. The maximum absolute atomic E-state index is 15.3. The van der Waals surface area contributed by atoms with E-state index in [1.54, 1.807) is 11.8 Å². The topological polar surface area (TPSA) is 96.5 Å². The second-order valence-electron chi connectivity index (χ2n) is 8.18. The summed E-state index contributed by atoms with van der Waals surface area (Å²) in [6, 6.07) is 5.11. The molecule has 0 unspecified atom stereocenters.